The molecule has 23 heavy (non-hydrogen) atoms. The zero-order valence-corrected chi connectivity index (χ0v) is 14.6. The SMILES string of the molecule is Cc1cccc([C@H](CC(=O)N[C@@H](C)CCC(C)C)NC(N)=O)c1. The van der Waals surface area contributed by atoms with Crippen molar-refractivity contribution in [3.8, 4) is 0 Å². The number of nitrogens with two attached hydrogens (primary N) is 1. The van der Waals surface area contributed by atoms with Gasteiger partial charge in [-0.2, -0.15) is 0 Å². The van der Waals surface area contributed by atoms with Crippen molar-refractivity contribution in [2.45, 2.75) is 59.0 Å². The van der Waals surface area contributed by atoms with Gasteiger partial charge in [-0.25, -0.2) is 4.79 Å². The first-order valence-corrected chi connectivity index (χ1v) is 8.19. The fourth-order valence-corrected chi connectivity index (χ4v) is 2.49. The number of hydrogen-bond acceptors (Lipinski definition) is 2. The van der Waals surface area contributed by atoms with E-state index in [1.807, 2.05) is 38.1 Å². The monoisotopic (exact) mass is 319 g/mol. The molecule has 0 aliphatic carbocycles. The van der Waals surface area contributed by atoms with Crippen molar-refractivity contribution in [3.05, 3.63) is 35.4 Å². The second kappa shape index (κ2) is 9.18. The highest BCUT2D eigenvalue weighted by Crippen LogP contribution is 2.18. The molecule has 0 aliphatic heterocycles. The van der Waals surface area contributed by atoms with Crippen LogP contribution in [0, 0.1) is 12.8 Å². The lowest BCUT2D eigenvalue weighted by Gasteiger charge is -2.20. The molecule has 1 aromatic carbocycles. The standard InChI is InChI=1S/C18H29N3O2/c1-12(2)8-9-14(4)20-17(22)11-16(21-18(19)23)15-7-5-6-13(3)10-15/h5-7,10,12,14,16H,8-9,11H2,1-4H3,(H,20,22)(H3,19,21,23)/t14-,16-/m0/s1. The summed E-state index contributed by atoms with van der Waals surface area (Å²) in [6.45, 7) is 8.31. The van der Waals surface area contributed by atoms with Crippen LogP contribution in [0.3, 0.4) is 0 Å². The molecule has 0 unspecified atom stereocenters. The molecule has 1 aromatic rings. The maximum Gasteiger partial charge on any atom is 0.312 e. The number of primary amides is 1. The van der Waals surface area contributed by atoms with Gasteiger partial charge in [-0.15, -0.1) is 0 Å². The van der Waals surface area contributed by atoms with Crippen LogP contribution in [-0.4, -0.2) is 18.0 Å². The van der Waals surface area contributed by atoms with Gasteiger partial charge in [0.1, 0.15) is 0 Å². The van der Waals surface area contributed by atoms with E-state index in [0.717, 1.165) is 24.0 Å². The van der Waals surface area contributed by atoms with Crippen molar-refractivity contribution in [1.29, 1.82) is 0 Å². The summed E-state index contributed by atoms with van der Waals surface area (Å²) in [5.41, 5.74) is 7.20. The molecule has 3 amide bonds. The van der Waals surface area contributed by atoms with E-state index in [-0.39, 0.29) is 18.4 Å². The van der Waals surface area contributed by atoms with Crippen LogP contribution in [0.4, 0.5) is 4.79 Å². The molecule has 0 fully saturated rings. The topological polar surface area (TPSA) is 84.2 Å². The van der Waals surface area contributed by atoms with E-state index in [1.54, 1.807) is 0 Å². The second-order valence-corrected chi connectivity index (χ2v) is 6.62. The van der Waals surface area contributed by atoms with Gasteiger partial charge >= 0.3 is 6.03 Å². The summed E-state index contributed by atoms with van der Waals surface area (Å²) in [4.78, 5) is 23.5. The third-order valence-corrected chi connectivity index (χ3v) is 3.73. The lowest BCUT2D eigenvalue weighted by Crippen LogP contribution is -2.39. The van der Waals surface area contributed by atoms with Crippen LogP contribution in [0.5, 0.6) is 0 Å². The molecule has 0 bridgehead atoms. The number of hydrogen-bond donors (Lipinski definition) is 3. The minimum absolute atomic E-state index is 0.0819. The van der Waals surface area contributed by atoms with Gasteiger partial charge in [0.2, 0.25) is 5.91 Å². The molecule has 5 nitrogen and oxygen atoms in total. The van der Waals surface area contributed by atoms with Crippen molar-refractivity contribution in [3.63, 3.8) is 0 Å². The predicted molar refractivity (Wildman–Crippen MR) is 92.9 cm³/mol. The Morgan fingerprint density at radius 3 is 2.39 bits per heavy atom. The lowest BCUT2D eigenvalue weighted by molar-refractivity contribution is -0.122. The first-order chi connectivity index (χ1) is 10.8. The largest absolute Gasteiger partial charge is 0.354 e. The molecule has 0 radical (unpaired) electrons. The number of carbonyl (C=O) groups excluding carboxylic acids is 2. The lowest BCUT2D eigenvalue weighted by atomic mass is 10.0. The summed E-state index contributed by atoms with van der Waals surface area (Å²) >= 11 is 0. The minimum atomic E-state index is -0.628. The van der Waals surface area contributed by atoms with Crippen LogP contribution in [0.25, 0.3) is 0 Å². The Bertz CT molecular complexity index is 529. The molecule has 2 atom stereocenters. The second-order valence-electron chi connectivity index (χ2n) is 6.62. The van der Waals surface area contributed by atoms with Crippen LogP contribution in [-0.2, 0) is 4.79 Å². The van der Waals surface area contributed by atoms with Gasteiger partial charge in [0.25, 0.3) is 0 Å². The van der Waals surface area contributed by atoms with Crippen molar-refractivity contribution >= 4 is 11.9 Å². The van der Waals surface area contributed by atoms with E-state index in [1.165, 1.54) is 0 Å². The van der Waals surface area contributed by atoms with E-state index in [9.17, 15) is 9.59 Å². The molecule has 0 heterocycles. The summed E-state index contributed by atoms with van der Waals surface area (Å²) < 4.78 is 0. The first-order valence-electron chi connectivity index (χ1n) is 8.19. The van der Waals surface area contributed by atoms with Gasteiger partial charge in [0.15, 0.2) is 0 Å². The highest BCUT2D eigenvalue weighted by atomic mass is 16.2. The predicted octanol–water partition coefficient (Wildman–Crippen LogP) is 3.04. The van der Waals surface area contributed by atoms with Crippen LogP contribution in [0.15, 0.2) is 24.3 Å². The highest BCUT2D eigenvalue weighted by Gasteiger charge is 2.18. The Morgan fingerprint density at radius 2 is 1.83 bits per heavy atom. The molecule has 0 saturated heterocycles. The van der Waals surface area contributed by atoms with E-state index >= 15 is 0 Å². The number of urea groups is 1. The number of rotatable bonds is 8. The Balaban J connectivity index is 2.66. The Morgan fingerprint density at radius 1 is 1.13 bits per heavy atom. The van der Waals surface area contributed by atoms with Crippen molar-refractivity contribution in [2.24, 2.45) is 11.7 Å². The van der Waals surface area contributed by atoms with Gasteiger partial charge in [-0.1, -0.05) is 43.7 Å². The zero-order valence-electron chi connectivity index (χ0n) is 14.6. The third-order valence-electron chi connectivity index (χ3n) is 3.73. The van der Waals surface area contributed by atoms with Crippen molar-refractivity contribution in [2.75, 3.05) is 0 Å². The third kappa shape index (κ3) is 7.68. The number of carbonyl (C=O) groups is 2. The molecule has 0 aliphatic rings. The van der Waals surface area contributed by atoms with Gasteiger partial charge in [-0.05, 0) is 38.2 Å². The molecular formula is C18H29N3O2. The normalized spacial score (nSPS) is 13.4. The number of nitrogens with one attached hydrogen (secondary N) is 2. The molecule has 4 N–H and O–H groups in total. The van der Waals surface area contributed by atoms with Gasteiger partial charge in [0, 0.05) is 6.04 Å². The van der Waals surface area contributed by atoms with E-state index < -0.39 is 12.1 Å². The summed E-state index contributed by atoms with van der Waals surface area (Å²) in [5, 5.41) is 5.65. The van der Waals surface area contributed by atoms with Gasteiger partial charge in [0.05, 0.1) is 12.5 Å². The maximum atomic E-state index is 12.2. The first kappa shape index (κ1) is 19.0. The molecule has 0 aromatic heterocycles. The molecule has 0 spiro atoms. The van der Waals surface area contributed by atoms with Gasteiger partial charge in [-0.3, -0.25) is 4.79 Å². The van der Waals surface area contributed by atoms with Gasteiger partial charge < -0.3 is 16.4 Å². The fraction of sp³-hybridized carbons (Fsp3) is 0.556. The van der Waals surface area contributed by atoms with Crippen LogP contribution in [0.2, 0.25) is 0 Å². The quantitative estimate of drug-likeness (QED) is 0.688. The molecule has 1 rings (SSSR count). The highest BCUT2D eigenvalue weighted by molar-refractivity contribution is 5.79. The van der Waals surface area contributed by atoms with E-state index in [4.69, 9.17) is 5.73 Å². The summed E-state index contributed by atoms with van der Waals surface area (Å²) in [5.74, 6) is 0.535. The summed E-state index contributed by atoms with van der Waals surface area (Å²) in [6, 6.07) is 6.81. The maximum absolute atomic E-state index is 12.2. The average molecular weight is 319 g/mol. The summed E-state index contributed by atoms with van der Waals surface area (Å²) in [7, 11) is 0. The summed E-state index contributed by atoms with van der Waals surface area (Å²) in [6.07, 6.45) is 2.20. The Kier molecular flexibility index (Phi) is 7.59. The Labute approximate surface area is 139 Å². The molecular weight excluding hydrogens is 290 g/mol. The fourth-order valence-electron chi connectivity index (χ4n) is 2.49. The average Bonchev–Trinajstić information content (AvgIpc) is 2.44. The van der Waals surface area contributed by atoms with Crippen LogP contribution >= 0.6 is 0 Å². The minimum Gasteiger partial charge on any atom is -0.354 e. The molecule has 5 heteroatoms. The number of aryl methyl sites for hydroxylation is 1. The number of amides is 3. The molecule has 128 valence electrons. The number of benzene rings is 1. The van der Waals surface area contributed by atoms with E-state index in [2.05, 4.69) is 24.5 Å². The zero-order chi connectivity index (χ0) is 17.4. The van der Waals surface area contributed by atoms with Crippen molar-refractivity contribution < 1.29 is 9.59 Å². The smallest absolute Gasteiger partial charge is 0.312 e. The van der Waals surface area contributed by atoms with Crippen LogP contribution in [0.1, 0.15) is 57.2 Å². The molecule has 0 saturated carbocycles. The Hall–Kier alpha value is -2.04. The van der Waals surface area contributed by atoms with E-state index in [0.29, 0.717) is 5.92 Å². The van der Waals surface area contributed by atoms with Crippen LogP contribution < -0.4 is 16.4 Å². The van der Waals surface area contributed by atoms with Crippen molar-refractivity contribution in [1.82, 2.24) is 10.6 Å².